The van der Waals surface area contributed by atoms with Crippen molar-refractivity contribution in [2.24, 2.45) is 5.92 Å². The van der Waals surface area contributed by atoms with Crippen LogP contribution in [0.4, 0.5) is 5.69 Å². The van der Waals surface area contributed by atoms with Crippen LogP contribution in [0.1, 0.15) is 30.5 Å². The minimum atomic E-state index is -0.195. The number of carbonyl (C=O) groups is 2. The maximum absolute atomic E-state index is 12.0. The van der Waals surface area contributed by atoms with Gasteiger partial charge in [-0.15, -0.1) is 0 Å². The minimum Gasteiger partial charge on any atom is -0.484 e. The van der Waals surface area contributed by atoms with Crippen molar-refractivity contribution in [3.63, 3.8) is 0 Å². The summed E-state index contributed by atoms with van der Waals surface area (Å²) in [5, 5.41) is 5.67. The van der Waals surface area contributed by atoms with Gasteiger partial charge in [0.25, 0.3) is 5.91 Å². The average molecular weight is 354 g/mol. The second-order valence-corrected chi connectivity index (χ2v) is 6.66. The van der Waals surface area contributed by atoms with Gasteiger partial charge in [0, 0.05) is 18.2 Å². The van der Waals surface area contributed by atoms with Crippen LogP contribution in [0.3, 0.4) is 0 Å². The summed E-state index contributed by atoms with van der Waals surface area (Å²) >= 11 is 0. The molecule has 5 heteroatoms. The third-order valence-electron chi connectivity index (χ3n) is 4.06. The Morgan fingerprint density at radius 2 is 1.81 bits per heavy atom. The number of aryl methyl sites for hydroxylation is 2. The van der Waals surface area contributed by atoms with Crippen LogP contribution in [0.5, 0.6) is 5.75 Å². The molecule has 2 amide bonds. The summed E-state index contributed by atoms with van der Waals surface area (Å²) in [5.41, 5.74) is 3.95. The molecule has 5 nitrogen and oxygen atoms in total. The largest absolute Gasteiger partial charge is 0.484 e. The van der Waals surface area contributed by atoms with Crippen LogP contribution < -0.4 is 15.4 Å². The predicted molar refractivity (Wildman–Crippen MR) is 103 cm³/mol. The van der Waals surface area contributed by atoms with Crippen LogP contribution in [0.25, 0.3) is 0 Å². The van der Waals surface area contributed by atoms with Gasteiger partial charge in [-0.3, -0.25) is 9.59 Å². The molecule has 26 heavy (non-hydrogen) atoms. The van der Waals surface area contributed by atoms with Crippen molar-refractivity contribution in [2.75, 3.05) is 11.9 Å². The van der Waals surface area contributed by atoms with Crippen molar-refractivity contribution in [3.8, 4) is 5.75 Å². The van der Waals surface area contributed by atoms with Gasteiger partial charge in [0.15, 0.2) is 6.61 Å². The molecule has 0 aliphatic heterocycles. The Balaban J connectivity index is 1.83. The number of amides is 2. The first-order valence-corrected chi connectivity index (χ1v) is 8.71. The van der Waals surface area contributed by atoms with E-state index in [0.29, 0.717) is 12.3 Å². The van der Waals surface area contributed by atoms with Crippen LogP contribution in [-0.4, -0.2) is 18.4 Å². The maximum Gasteiger partial charge on any atom is 0.258 e. The van der Waals surface area contributed by atoms with E-state index in [1.165, 1.54) is 5.56 Å². The van der Waals surface area contributed by atoms with Gasteiger partial charge >= 0.3 is 0 Å². The molecule has 0 aromatic heterocycles. The zero-order valence-corrected chi connectivity index (χ0v) is 15.8. The molecule has 2 aromatic carbocycles. The molecule has 138 valence electrons. The third kappa shape index (κ3) is 5.92. The number of carbonyl (C=O) groups excluding carboxylic acids is 2. The van der Waals surface area contributed by atoms with Gasteiger partial charge in [-0.2, -0.15) is 0 Å². The lowest BCUT2D eigenvalue weighted by atomic mass is 10.1. The highest BCUT2D eigenvalue weighted by molar-refractivity contribution is 5.92. The van der Waals surface area contributed by atoms with E-state index in [4.69, 9.17) is 4.74 Å². The van der Waals surface area contributed by atoms with E-state index in [1.807, 2.05) is 70.2 Å². The number of rotatable bonds is 7. The third-order valence-corrected chi connectivity index (χ3v) is 4.06. The zero-order chi connectivity index (χ0) is 19.1. The van der Waals surface area contributed by atoms with Gasteiger partial charge in [0.1, 0.15) is 5.75 Å². The first kappa shape index (κ1) is 19.5. The molecule has 2 rings (SSSR count). The molecule has 0 aliphatic carbocycles. The summed E-state index contributed by atoms with van der Waals surface area (Å²) in [5.74, 6) is 0.371. The summed E-state index contributed by atoms with van der Waals surface area (Å²) < 4.78 is 5.53. The van der Waals surface area contributed by atoms with Gasteiger partial charge in [0.05, 0.1) is 0 Å². The topological polar surface area (TPSA) is 67.4 Å². The molecule has 0 aliphatic rings. The van der Waals surface area contributed by atoms with Gasteiger partial charge in [-0.25, -0.2) is 0 Å². The molecule has 0 saturated heterocycles. The Morgan fingerprint density at radius 1 is 1.04 bits per heavy atom. The van der Waals surface area contributed by atoms with Crippen LogP contribution in [0, 0.1) is 19.8 Å². The molecule has 0 fully saturated rings. The first-order chi connectivity index (χ1) is 12.3. The standard InChI is InChI=1S/C21H26N2O3/c1-14(2)21(25)23-18-7-5-6-17(11-18)12-22-20(24)13-26-19-9-8-15(3)16(4)10-19/h5-11,14H,12-13H2,1-4H3,(H,22,24)(H,23,25). The molecular formula is C21H26N2O3. The van der Waals surface area contributed by atoms with Crippen molar-refractivity contribution in [1.29, 1.82) is 0 Å². The number of benzene rings is 2. The lowest BCUT2D eigenvalue weighted by molar-refractivity contribution is -0.123. The van der Waals surface area contributed by atoms with Crippen molar-refractivity contribution < 1.29 is 14.3 Å². The zero-order valence-electron chi connectivity index (χ0n) is 15.8. The SMILES string of the molecule is Cc1ccc(OCC(=O)NCc2cccc(NC(=O)C(C)C)c2)cc1C. The molecule has 0 spiro atoms. The summed E-state index contributed by atoms with van der Waals surface area (Å²) in [7, 11) is 0. The predicted octanol–water partition coefficient (Wildman–Crippen LogP) is 3.59. The number of hydrogen-bond acceptors (Lipinski definition) is 3. The van der Waals surface area contributed by atoms with Crippen LogP contribution >= 0.6 is 0 Å². The van der Waals surface area contributed by atoms with E-state index in [0.717, 1.165) is 16.8 Å². The highest BCUT2D eigenvalue weighted by atomic mass is 16.5. The summed E-state index contributed by atoms with van der Waals surface area (Å²) in [6.45, 7) is 8.06. The van der Waals surface area contributed by atoms with E-state index in [2.05, 4.69) is 10.6 Å². The maximum atomic E-state index is 12.0. The van der Waals surface area contributed by atoms with Crippen LogP contribution in [0.15, 0.2) is 42.5 Å². The Morgan fingerprint density at radius 3 is 2.50 bits per heavy atom. The smallest absolute Gasteiger partial charge is 0.258 e. The molecule has 0 heterocycles. The molecule has 0 radical (unpaired) electrons. The number of hydrogen-bond donors (Lipinski definition) is 2. The highest BCUT2D eigenvalue weighted by Crippen LogP contribution is 2.16. The van der Waals surface area contributed by atoms with Crippen molar-refractivity contribution in [3.05, 3.63) is 59.2 Å². The van der Waals surface area contributed by atoms with Gasteiger partial charge in [-0.05, 0) is 54.8 Å². The van der Waals surface area contributed by atoms with E-state index in [9.17, 15) is 9.59 Å². The lowest BCUT2D eigenvalue weighted by Crippen LogP contribution is -2.28. The normalized spacial score (nSPS) is 10.5. The molecule has 0 saturated carbocycles. The monoisotopic (exact) mass is 354 g/mol. The molecular weight excluding hydrogens is 328 g/mol. The van der Waals surface area contributed by atoms with Crippen molar-refractivity contribution in [1.82, 2.24) is 5.32 Å². The fraction of sp³-hybridized carbons (Fsp3) is 0.333. The van der Waals surface area contributed by atoms with E-state index >= 15 is 0 Å². The second-order valence-electron chi connectivity index (χ2n) is 6.66. The lowest BCUT2D eigenvalue weighted by Gasteiger charge is -2.11. The number of nitrogens with one attached hydrogen (secondary N) is 2. The Bertz CT molecular complexity index is 785. The van der Waals surface area contributed by atoms with E-state index in [1.54, 1.807) is 0 Å². The van der Waals surface area contributed by atoms with E-state index in [-0.39, 0.29) is 24.3 Å². The van der Waals surface area contributed by atoms with Gasteiger partial charge in [0.2, 0.25) is 5.91 Å². The Kier molecular flexibility index (Phi) is 6.78. The summed E-state index contributed by atoms with van der Waals surface area (Å²) in [4.78, 5) is 23.7. The van der Waals surface area contributed by atoms with Gasteiger partial charge in [-0.1, -0.05) is 32.0 Å². The first-order valence-electron chi connectivity index (χ1n) is 8.71. The fourth-order valence-corrected chi connectivity index (χ4v) is 2.25. The molecule has 0 bridgehead atoms. The summed E-state index contributed by atoms with van der Waals surface area (Å²) in [6.07, 6.45) is 0. The Labute approximate surface area is 154 Å². The van der Waals surface area contributed by atoms with Crippen LogP contribution in [0.2, 0.25) is 0 Å². The minimum absolute atomic E-state index is 0.0343. The summed E-state index contributed by atoms with van der Waals surface area (Å²) in [6, 6.07) is 13.2. The Hall–Kier alpha value is -2.82. The van der Waals surface area contributed by atoms with E-state index < -0.39 is 0 Å². The van der Waals surface area contributed by atoms with Crippen molar-refractivity contribution >= 4 is 17.5 Å². The quantitative estimate of drug-likeness (QED) is 0.798. The molecule has 0 atom stereocenters. The molecule has 0 unspecified atom stereocenters. The molecule has 2 aromatic rings. The molecule has 2 N–H and O–H groups in total. The average Bonchev–Trinajstić information content (AvgIpc) is 2.61. The van der Waals surface area contributed by atoms with Gasteiger partial charge < -0.3 is 15.4 Å². The van der Waals surface area contributed by atoms with Crippen LogP contribution in [-0.2, 0) is 16.1 Å². The fourth-order valence-electron chi connectivity index (χ4n) is 2.25. The van der Waals surface area contributed by atoms with Crippen molar-refractivity contribution in [2.45, 2.75) is 34.2 Å². The number of ether oxygens (including phenoxy) is 1. The highest BCUT2D eigenvalue weighted by Gasteiger charge is 2.08. The number of anilines is 1. The second kappa shape index (κ2) is 9.04.